The first-order chi connectivity index (χ1) is 17.4. The van der Waals surface area contributed by atoms with Gasteiger partial charge in [-0.05, 0) is 54.8 Å². The minimum absolute atomic E-state index is 0.00197. The van der Waals surface area contributed by atoms with Crippen LogP contribution in [0.15, 0.2) is 72.3 Å². The molecule has 1 N–H and O–H groups in total. The number of ether oxygens (including phenoxy) is 2. The quantitative estimate of drug-likeness (QED) is 0.355. The number of urea groups is 1. The number of imide groups is 2. The number of hydrogen-bond acceptors (Lipinski definition) is 5. The van der Waals surface area contributed by atoms with Crippen LogP contribution in [0.25, 0.3) is 6.08 Å². The van der Waals surface area contributed by atoms with Gasteiger partial charge in [0.05, 0.1) is 12.3 Å². The van der Waals surface area contributed by atoms with Gasteiger partial charge in [0, 0.05) is 5.56 Å². The first kappa shape index (κ1) is 24.7. The number of halogens is 1. The van der Waals surface area contributed by atoms with E-state index in [0.29, 0.717) is 41.3 Å². The molecule has 0 radical (unpaired) electrons. The molecule has 0 aromatic heterocycles. The van der Waals surface area contributed by atoms with E-state index in [1.807, 2.05) is 19.1 Å². The van der Waals surface area contributed by atoms with E-state index >= 15 is 0 Å². The molecule has 4 amide bonds. The lowest BCUT2D eigenvalue weighted by molar-refractivity contribution is -0.122. The van der Waals surface area contributed by atoms with Gasteiger partial charge in [0.25, 0.3) is 11.8 Å². The van der Waals surface area contributed by atoms with Crippen LogP contribution in [0, 0.1) is 5.82 Å². The van der Waals surface area contributed by atoms with Gasteiger partial charge in [-0.1, -0.05) is 49.4 Å². The van der Waals surface area contributed by atoms with Crippen molar-refractivity contribution in [1.29, 1.82) is 0 Å². The molecule has 1 aliphatic rings. The topological polar surface area (TPSA) is 84.9 Å². The van der Waals surface area contributed by atoms with E-state index < -0.39 is 17.8 Å². The average Bonchev–Trinajstić information content (AvgIpc) is 2.87. The number of rotatable bonds is 8. The molecule has 1 saturated heterocycles. The maximum Gasteiger partial charge on any atom is 0.335 e. The average molecular weight is 489 g/mol. The SMILES string of the molecule is CCOc1cc(/C=C2/C(=O)NC(=O)N(c3ccccc3CC)C2=O)ccc1OCc1ccccc1F. The Morgan fingerprint density at radius 3 is 2.33 bits per heavy atom. The standard InChI is InChI=1S/C28H25FN2O5/c1-3-19-9-6-8-12-23(19)31-27(33)21(26(32)30-28(31)34)15-18-13-14-24(25(16-18)35-4-2)36-17-20-10-5-7-11-22(20)29/h5-16H,3-4,17H2,1-2H3,(H,30,32,34)/b21-15-. The molecule has 0 aliphatic carbocycles. The normalized spacial score (nSPS) is 14.7. The highest BCUT2D eigenvalue weighted by molar-refractivity contribution is 6.39. The van der Waals surface area contributed by atoms with Crippen LogP contribution in [-0.4, -0.2) is 24.5 Å². The third-order valence-corrected chi connectivity index (χ3v) is 5.63. The van der Waals surface area contributed by atoms with Crippen molar-refractivity contribution in [1.82, 2.24) is 5.32 Å². The largest absolute Gasteiger partial charge is 0.490 e. The van der Waals surface area contributed by atoms with Gasteiger partial charge in [0.2, 0.25) is 0 Å². The van der Waals surface area contributed by atoms with Crippen LogP contribution in [0.1, 0.15) is 30.5 Å². The first-order valence-electron chi connectivity index (χ1n) is 11.5. The Hall–Kier alpha value is -4.46. The molecular formula is C28H25FN2O5. The molecule has 7 nitrogen and oxygen atoms in total. The van der Waals surface area contributed by atoms with Crippen LogP contribution in [0.5, 0.6) is 11.5 Å². The first-order valence-corrected chi connectivity index (χ1v) is 11.5. The second kappa shape index (κ2) is 10.9. The molecule has 184 valence electrons. The minimum atomic E-state index is -0.796. The third-order valence-electron chi connectivity index (χ3n) is 5.63. The molecule has 8 heteroatoms. The molecule has 1 heterocycles. The molecule has 0 unspecified atom stereocenters. The number of benzene rings is 3. The van der Waals surface area contributed by atoms with Crippen LogP contribution in [0.3, 0.4) is 0 Å². The van der Waals surface area contributed by atoms with Crippen LogP contribution in [-0.2, 0) is 22.6 Å². The van der Waals surface area contributed by atoms with Crippen molar-refractivity contribution in [3.63, 3.8) is 0 Å². The molecule has 4 rings (SSSR count). The van der Waals surface area contributed by atoms with Crippen LogP contribution >= 0.6 is 0 Å². The van der Waals surface area contributed by atoms with Gasteiger partial charge in [0.1, 0.15) is 18.0 Å². The number of aryl methyl sites for hydroxylation is 1. The number of anilines is 1. The van der Waals surface area contributed by atoms with Crippen LogP contribution in [0.2, 0.25) is 0 Å². The molecule has 0 atom stereocenters. The summed E-state index contributed by atoms with van der Waals surface area (Å²) in [5.74, 6) is -1.12. The van der Waals surface area contributed by atoms with E-state index in [2.05, 4.69) is 5.32 Å². The zero-order valence-corrected chi connectivity index (χ0v) is 19.9. The van der Waals surface area contributed by atoms with E-state index in [1.165, 1.54) is 12.1 Å². The Morgan fingerprint density at radius 1 is 0.889 bits per heavy atom. The summed E-state index contributed by atoms with van der Waals surface area (Å²) in [6.45, 7) is 4.06. The summed E-state index contributed by atoms with van der Waals surface area (Å²) in [6.07, 6.45) is 2.00. The highest BCUT2D eigenvalue weighted by atomic mass is 19.1. The van der Waals surface area contributed by atoms with Crippen molar-refractivity contribution in [3.05, 3.63) is 94.8 Å². The molecule has 0 saturated carbocycles. The van der Waals surface area contributed by atoms with Crippen molar-refractivity contribution in [2.45, 2.75) is 26.9 Å². The number of carbonyl (C=O) groups excluding carboxylic acids is 3. The molecule has 1 fully saturated rings. The predicted octanol–water partition coefficient (Wildman–Crippen LogP) is 5.03. The number of para-hydroxylation sites is 1. The van der Waals surface area contributed by atoms with Gasteiger partial charge in [-0.3, -0.25) is 14.9 Å². The van der Waals surface area contributed by atoms with Gasteiger partial charge in [0.15, 0.2) is 11.5 Å². The predicted molar refractivity (Wildman–Crippen MR) is 133 cm³/mol. The Kier molecular flexibility index (Phi) is 7.44. The highest BCUT2D eigenvalue weighted by Gasteiger charge is 2.37. The summed E-state index contributed by atoms with van der Waals surface area (Å²) in [6, 6.07) is 17.4. The number of barbiturate groups is 1. The summed E-state index contributed by atoms with van der Waals surface area (Å²) in [5, 5.41) is 2.24. The van der Waals surface area contributed by atoms with Gasteiger partial charge in [-0.2, -0.15) is 0 Å². The summed E-state index contributed by atoms with van der Waals surface area (Å²) < 4.78 is 25.4. The smallest absolute Gasteiger partial charge is 0.335 e. The second-order valence-corrected chi connectivity index (χ2v) is 7.96. The Labute approximate surface area is 208 Å². The zero-order valence-electron chi connectivity index (χ0n) is 19.9. The molecule has 0 spiro atoms. The van der Waals surface area contributed by atoms with Crippen LogP contribution < -0.4 is 19.7 Å². The Balaban J connectivity index is 1.64. The van der Waals surface area contributed by atoms with E-state index in [0.717, 1.165) is 10.5 Å². The second-order valence-electron chi connectivity index (χ2n) is 7.96. The number of amides is 4. The van der Waals surface area contributed by atoms with E-state index in [1.54, 1.807) is 55.5 Å². The Morgan fingerprint density at radius 2 is 1.61 bits per heavy atom. The van der Waals surface area contributed by atoms with Crippen molar-refractivity contribution < 1.29 is 28.2 Å². The fraction of sp³-hybridized carbons (Fsp3) is 0.179. The summed E-state index contributed by atoms with van der Waals surface area (Å²) >= 11 is 0. The maximum absolute atomic E-state index is 14.0. The lowest BCUT2D eigenvalue weighted by Crippen LogP contribution is -2.54. The molecule has 3 aromatic rings. The van der Waals surface area contributed by atoms with Crippen LogP contribution in [0.4, 0.5) is 14.9 Å². The number of carbonyl (C=O) groups is 3. The third kappa shape index (κ3) is 5.12. The fourth-order valence-electron chi connectivity index (χ4n) is 3.84. The highest BCUT2D eigenvalue weighted by Crippen LogP contribution is 2.31. The van der Waals surface area contributed by atoms with Gasteiger partial charge in [-0.15, -0.1) is 0 Å². The summed E-state index contributed by atoms with van der Waals surface area (Å²) in [4.78, 5) is 39.4. The van der Waals surface area contributed by atoms with Crippen molar-refractivity contribution >= 4 is 29.6 Å². The molecule has 0 bridgehead atoms. The van der Waals surface area contributed by atoms with E-state index in [-0.39, 0.29) is 18.0 Å². The lowest BCUT2D eigenvalue weighted by Gasteiger charge is -2.28. The molecule has 36 heavy (non-hydrogen) atoms. The monoisotopic (exact) mass is 488 g/mol. The molecular weight excluding hydrogens is 463 g/mol. The fourth-order valence-corrected chi connectivity index (χ4v) is 3.84. The summed E-state index contributed by atoms with van der Waals surface area (Å²) in [5.41, 5.74) is 1.92. The van der Waals surface area contributed by atoms with Crippen molar-refractivity contribution in [3.8, 4) is 11.5 Å². The number of nitrogens with one attached hydrogen (secondary N) is 1. The maximum atomic E-state index is 14.0. The zero-order chi connectivity index (χ0) is 25.7. The number of hydrogen-bond donors (Lipinski definition) is 1. The van der Waals surface area contributed by atoms with Gasteiger partial charge < -0.3 is 9.47 Å². The lowest BCUT2D eigenvalue weighted by atomic mass is 10.0. The number of nitrogens with zero attached hydrogens (tertiary/aromatic N) is 1. The van der Waals surface area contributed by atoms with E-state index in [4.69, 9.17) is 9.47 Å². The van der Waals surface area contributed by atoms with E-state index in [9.17, 15) is 18.8 Å². The summed E-state index contributed by atoms with van der Waals surface area (Å²) in [7, 11) is 0. The van der Waals surface area contributed by atoms with Gasteiger partial charge in [-0.25, -0.2) is 14.1 Å². The minimum Gasteiger partial charge on any atom is -0.490 e. The Bertz CT molecular complexity index is 1350. The molecule has 1 aliphatic heterocycles. The van der Waals surface area contributed by atoms with Crippen molar-refractivity contribution in [2.75, 3.05) is 11.5 Å². The van der Waals surface area contributed by atoms with Crippen molar-refractivity contribution in [2.24, 2.45) is 0 Å². The molecule has 3 aromatic carbocycles. The van der Waals surface area contributed by atoms with Gasteiger partial charge >= 0.3 is 6.03 Å².